The van der Waals surface area contributed by atoms with Crippen LogP contribution in [0.1, 0.15) is 15.9 Å². The highest BCUT2D eigenvalue weighted by molar-refractivity contribution is 7.92. The molecule has 5 rings (SSSR count). The van der Waals surface area contributed by atoms with Crippen LogP contribution in [0.4, 0.5) is 10.5 Å². The van der Waals surface area contributed by atoms with E-state index in [2.05, 4.69) is 10.6 Å². The van der Waals surface area contributed by atoms with Crippen molar-refractivity contribution in [2.24, 2.45) is 0 Å². The van der Waals surface area contributed by atoms with Crippen molar-refractivity contribution < 1.29 is 18.0 Å². The molecule has 3 aromatic carbocycles. The van der Waals surface area contributed by atoms with E-state index in [0.29, 0.717) is 17.0 Å². The number of amides is 3. The standard InChI is InChI=1S/C24H20ClN3O4S/c25-17-8-6-16(7-9-17)23(29)28-14-21(27-24(28)30)33(31,32)20-11-10-19-18(12-13-26-19)22(20)15-4-2-1-3-5-15/h1-11,21,26H,12-14H2,(H,27,30). The van der Waals surface area contributed by atoms with Crippen molar-refractivity contribution in [3.05, 3.63) is 82.9 Å². The van der Waals surface area contributed by atoms with Crippen LogP contribution in [0, 0.1) is 0 Å². The molecule has 0 bridgehead atoms. The monoisotopic (exact) mass is 481 g/mol. The second-order valence-electron chi connectivity index (χ2n) is 7.91. The normalized spacial score (nSPS) is 17.4. The Morgan fingerprint density at radius 1 is 1.00 bits per heavy atom. The van der Waals surface area contributed by atoms with E-state index in [0.717, 1.165) is 28.3 Å². The Kier molecular flexibility index (Phi) is 5.34. The van der Waals surface area contributed by atoms with Gasteiger partial charge in [-0.2, -0.15) is 0 Å². The molecule has 2 aliphatic rings. The van der Waals surface area contributed by atoms with Gasteiger partial charge in [0.05, 0.1) is 11.4 Å². The summed E-state index contributed by atoms with van der Waals surface area (Å²) in [5.74, 6) is -0.580. The van der Waals surface area contributed by atoms with E-state index >= 15 is 0 Å². The number of anilines is 1. The van der Waals surface area contributed by atoms with Gasteiger partial charge in [-0.15, -0.1) is 0 Å². The van der Waals surface area contributed by atoms with Crippen molar-refractivity contribution in [3.8, 4) is 11.1 Å². The molecule has 0 aromatic heterocycles. The van der Waals surface area contributed by atoms with Gasteiger partial charge in [0, 0.05) is 28.4 Å². The Labute approximate surface area is 196 Å². The van der Waals surface area contributed by atoms with E-state index in [9.17, 15) is 18.0 Å². The van der Waals surface area contributed by atoms with Crippen molar-refractivity contribution in [2.75, 3.05) is 18.4 Å². The van der Waals surface area contributed by atoms with Gasteiger partial charge < -0.3 is 10.6 Å². The lowest BCUT2D eigenvalue weighted by molar-refractivity contribution is 0.0828. The number of fused-ring (bicyclic) bond motifs is 1. The van der Waals surface area contributed by atoms with Gasteiger partial charge >= 0.3 is 6.03 Å². The predicted molar refractivity (Wildman–Crippen MR) is 126 cm³/mol. The number of urea groups is 1. The summed E-state index contributed by atoms with van der Waals surface area (Å²) in [7, 11) is -4.00. The Hall–Kier alpha value is -3.36. The third-order valence-electron chi connectivity index (χ3n) is 5.92. The van der Waals surface area contributed by atoms with E-state index in [1.54, 1.807) is 24.3 Å². The van der Waals surface area contributed by atoms with Crippen molar-refractivity contribution in [1.82, 2.24) is 10.2 Å². The van der Waals surface area contributed by atoms with Gasteiger partial charge in [0.25, 0.3) is 5.91 Å². The molecule has 7 nitrogen and oxygen atoms in total. The number of imide groups is 1. The van der Waals surface area contributed by atoms with Gasteiger partial charge in [-0.05, 0) is 53.9 Å². The van der Waals surface area contributed by atoms with Gasteiger partial charge in [-0.3, -0.25) is 9.69 Å². The van der Waals surface area contributed by atoms with Crippen LogP contribution in [0.25, 0.3) is 11.1 Å². The molecule has 0 spiro atoms. The number of hydrogen-bond donors (Lipinski definition) is 2. The minimum atomic E-state index is -4.00. The number of carbonyl (C=O) groups excluding carboxylic acids is 2. The number of hydrogen-bond acceptors (Lipinski definition) is 5. The summed E-state index contributed by atoms with van der Waals surface area (Å²) in [6.45, 7) is 0.439. The van der Waals surface area contributed by atoms with Gasteiger partial charge in [0.15, 0.2) is 5.37 Å². The molecule has 3 aromatic rings. The Bertz CT molecular complexity index is 1360. The van der Waals surface area contributed by atoms with Crippen molar-refractivity contribution in [3.63, 3.8) is 0 Å². The second-order valence-corrected chi connectivity index (χ2v) is 10.4. The number of benzene rings is 3. The number of nitrogens with zero attached hydrogens (tertiary/aromatic N) is 1. The molecular formula is C24H20ClN3O4S. The largest absolute Gasteiger partial charge is 0.384 e. The summed E-state index contributed by atoms with van der Waals surface area (Å²) in [6, 6.07) is 18.0. The molecule has 0 aliphatic carbocycles. The van der Waals surface area contributed by atoms with E-state index in [-0.39, 0.29) is 17.0 Å². The number of sulfone groups is 1. The van der Waals surface area contributed by atoms with Crippen LogP contribution in [-0.2, 0) is 16.3 Å². The highest BCUT2D eigenvalue weighted by Gasteiger charge is 2.42. The molecule has 33 heavy (non-hydrogen) atoms. The summed E-state index contributed by atoms with van der Waals surface area (Å²) in [4.78, 5) is 26.5. The SMILES string of the molecule is O=C1NC(S(=O)(=O)c2ccc3c(c2-c2ccccc2)CCN3)CN1C(=O)c1ccc(Cl)cc1. The fraction of sp³-hybridized carbons (Fsp3) is 0.167. The van der Waals surface area contributed by atoms with Crippen LogP contribution in [0.5, 0.6) is 0 Å². The fourth-order valence-corrected chi connectivity index (χ4v) is 6.11. The molecule has 0 radical (unpaired) electrons. The first-order valence-electron chi connectivity index (χ1n) is 10.4. The number of halogens is 1. The lowest BCUT2D eigenvalue weighted by Gasteiger charge is -2.18. The van der Waals surface area contributed by atoms with Gasteiger partial charge in [-0.1, -0.05) is 41.9 Å². The van der Waals surface area contributed by atoms with Gasteiger partial charge in [-0.25, -0.2) is 13.2 Å². The number of nitrogens with one attached hydrogen (secondary N) is 2. The van der Waals surface area contributed by atoms with E-state index in [1.807, 2.05) is 30.3 Å². The topological polar surface area (TPSA) is 95.6 Å². The van der Waals surface area contributed by atoms with Crippen LogP contribution in [0.15, 0.2) is 71.6 Å². The second kappa shape index (κ2) is 8.20. The highest BCUT2D eigenvalue weighted by atomic mass is 35.5. The first kappa shape index (κ1) is 21.5. The number of carbonyl (C=O) groups is 2. The molecule has 2 aliphatic heterocycles. The summed E-state index contributed by atoms with van der Waals surface area (Å²) in [5, 5.41) is 4.97. The molecule has 168 valence electrons. The Morgan fingerprint density at radius 3 is 2.45 bits per heavy atom. The minimum Gasteiger partial charge on any atom is -0.384 e. The molecule has 1 unspecified atom stereocenters. The minimum absolute atomic E-state index is 0.141. The summed E-state index contributed by atoms with van der Waals surface area (Å²) >= 11 is 5.87. The maximum atomic E-state index is 13.7. The van der Waals surface area contributed by atoms with Crippen LogP contribution in [0.3, 0.4) is 0 Å². The van der Waals surface area contributed by atoms with E-state index in [4.69, 9.17) is 11.6 Å². The van der Waals surface area contributed by atoms with E-state index < -0.39 is 27.1 Å². The average Bonchev–Trinajstić information content (AvgIpc) is 3.46. The molecule has 1 atom stereocenters. The molecule has 2 heterocycles. The molecule has 9 heteroatoms. The quantitative estimate of drug-likeness (QED) is 0.588. The van der Waals surface area contributed by atoms with Crippen LogP contribution < -0.4 is 10.6 Å². The average molecular weight is 482 g/mol. The summed E-state index contributed by atoms with van der Waals surface area (Å²) in [6.07, 6.45) is 0.696. The first-order chi connectivity index (χ1) is 15.9. The summed E-state index contributed by atoms with van der Waals surface area (Å²) in [5.41, 5.74) is 3.51. The van der Waals surface area contributed by atoms with Crippen molar-refractivity contribution in [2.45, 2.75) is 16.7 Å². The Morgan fingerprint density at radius 2 is 1.73 bits per heavy atom. The molecule has 2 N–H and O–H groups in total. The predicted octanol–water partition coefficient (Wildman–Crippen LogP) is 3.94. The fourth-order valence-electron chi connectivity index (χ4n) is 4.29. The smallest absolute Gasteiger partial charge is 0.325 e. The maximum Gasteiger partial charge on any atom is 0.325 e. The lowest BCUT2D eigenvalue weighted by atomic mass is 9.98. The van der Waals surface area contributed by atoms with Crippen LogP contribution in [0.2, 0.25) is 5.02 Å². The lowest BCUT2D eigenvalue weighted by Crippen LogP contribution is -2.35. The molecule has 1 fully saturated rings. The molecular weight excluding hydrogens is 462 g/mol. The first-order valence-corrected chi connectivity index (χ1v) is 12.4. The molecule has 3 amide bonds. The van der Waals surface area contributed by atoms with Gasteiger partial charge in [0.2, 0.25) is 9.84 Å². The van der Waals surface area contributed by atoms with Crippen LogP contribution in [-0.4, -0.2) is 43.7 Å². The zero-order valence-corrected chi connectivity index (χ0v) is 19.0. The maximum absolute atomic E-state index is 13.7. The number of rotatable bonds is 4. The third-order valence-corrected chi connectivity index (χ3v) is 8.14. The Balaban J connectivity index is 1.52. The summed E-state index contributed by atoms with van der Waals surface area (Å²) < 4.78 is 27.5. The van der Waals surface area contributed by atoms with Crippen LogP contribution >= 0.6 is 11.6 Å². The highest BCUT2D eigenvalue weighted by Crippen LogP contribution is 2.39. The van der Waals surface area contributed by atoms with E-state index in [1.165, 1.54) is 12.1 Å². The molecule has 0 saturated carbocycles. The zero-order chi connectivity index (χ0) is 23.2. The zero-order valence-electron chi connectivity index (χ0n) is 17.4. The third kappa shape index (κ3) is 3.75. The van der Waals surface area contributed by atoms with Gasteiger partial charge in [0.1, 0.15) is 0 Å². The molecule has 1 saturated heterocycles. The van der Waals surface area contributed by atoms with Crippen molar-refractivity contribution >= 4 is 39.1 Å². The van der Waals surface area contributed by atoms with Crippen molar-refractivity contribution in [1.29, 1.82) is 0 Å².